The molecule has 19 heavy (non-hydrogen) atoms. The zero-order valence-corrected chi connectivity index (χ0v) is 12.6. The molecule has 0 fully saturated rings. The number of ether oxygens (including phenoxy) is 1. The number of nitrogens with one attached hydrogen (secondary N) is 1. The van der Waals surface area contributed by atoms with Crippen molar-refractivity contribution in [1.29, 1.82) is 0 Å². The van der Waals surface area contributed by atoms with Crippen LogP contribution in [0.4, 0.5) is 5.69 Å². The third-order valence-corrected chi connectivity index (χ3v) is 3.71. The molecule has 2 aromatic rings. The maximum Gasteiger partial charge on any atom is 0.119 e. The summed E-state index contributed by atoms with van der Waals surface area (Å²) in [6, 6.07) is 16.0. The summed E-state index contributed by atoms with van der Waals surface area (Å²) in [6.07, 6.45) is 0. The van der Waals surface area contributed by atoms with Gasteiger partial charge in [-0.1, -0.05) is 18.2 Å². The topological polar surface area (TPSA) is 41.5 Å². The summed E-state index contributed by atoms with van der Waals surface area (Å²) >= 11 is 2.34. The van der Waals surface area contributed by atoms with Gasteiger partial charge in [0, 0.05) is 15.8 Å². The van der Waals surface area contributed by atoms with E-state index in [0.717, 1.165) is 18.0 Å². The monoisotopic (exact) mass is 369 g/mol. The minimum Gasteiger partial charge on any atom is -0.491 e. The van der Waals surface area contributed by atoms with E-state index in [9.17, 15) is 0 Å². The number of benzene rings is 2. The third kappa shape index (κ3) is 4.40. The average Bonchev–Trinajstić information content (AvgIpc) is 2.45. The number of rotatable bonds is 6. The van der Waals surface area contributed by atoms with Gasteiger partial charge in [0.2, 0.25) is 0 Å². The Morgan fingerprint density at radius 3 is 2.47 bits per heavy atom. The molecule has 0 radical (unpaired) electrons. The van der Waals surface area contributed by atoms with Crippen LogP contribution in [0, 0.1) is 3.57 Å². The number of halogens is 1. The van der Waals surface area contributed by atoms with Gasteiger partial charge < -0.3 is 15.2 Å². The molecule has 2 rings (SSSR count). The minimum atomic E-state index is 0.0342. The van der Waals surface area contributed by atoms with Crippen molar-refractivity contribution in [2.24, 2.45) is 0 Å². The number of hydrogen-bond acceptors (Lipinski definition) is 3. The van der Waals surface area contributed by atoms with Crippen LogP contribution in [0.25, 0.3) is 0 Å². The Bertz CT molecular complexity index is 514. The van der Waals surface area contributed by atoms with Gasteiger partial charge >= 0.3 is 0 Å². The normalized spacial score (nSPS) is 10.2. The van der Waals surface area contributed by atoms with Crippen molar-refractivity contribution in [3.8, 4) is 5.75 Å². The van der Waals surface area contributed by atoms with E-state index in [1.165, 1.54) is 9.13 Å². The van der Waals surface area contributed by atoms with Crippen molar-refractivity contribution in [2.45, 2.75) is 6.54 Å². The maximum absolute atomic E-state index is 8.68. The molecule has 0 aliphatic rings. The number of aliphatic hydroxyl groups excluding tert-OH is 1. The molecule has 100 valence electrons. The van der Waals surface area contributed by atoms with Crippen LogP contribution in [0.2, 0.25) is 0 Å². The van der Waals surface area contributed by atoms with Gasteiger partial charge in [-0.25, -0.2) is 0 Å². The fourth-order valence-electron chi connectivity index (χ4n) is 1.67. The first-order valence-corrected chi connectivity index (χ1v) is 7.18. The van der Waals surface area contributed by atoms with Gasteiger partial charge in [0.1, 0.15) is 12.4 Å². The number of hydrogen-bond donors (Lipinski definition) is 2. The second kappa shape index (κ2) is 7.35. The zero-order chi connectivity index (χ0) is 13.5. The van der Waals surface area contributed by atoms with Crippen molar-refractivity contribution in [2.75, 3.05) is 18.5 Å². The average molecular weight is 369 g/mol. The first-order chi connectivity index (χ1) is 9.29. The van der Waals surface area contributed by atoms with Crippen LogP contribution >= 0.6 is 22.6 Å². The Balaban J connectivity index is 1.91. The van der Waals surface area contributed by atoms with Gasteiger partial charge in [-0.05, 0) is 58.5 Å². The van der Waals surface area contributed by atoms with Gasteiger partial charge in [0.25, 0.3) is 0 Å². The van der Waals surface area contributed by atoms with E-state index in [0.29, 0.717) is 6.61 Å². The van der Waals surface area contributed by atoms with E-state index >= 15 is 0 Å². The lowest BCUT2D eigenvalue weighted by atomic mass is 10.2. The van der Waals surface area contributed by atoms with Crippen LogP contribution in [0.3, 0.4) is 0 Å². The molecule has 0 aliphatic heterocycles. The van der Waals surface area contributed by atoms with Crippen molar-refractivity contribution in [3.63, 3.8) is 0 Å². The molecule has 0 unspecified atom stereocenters. The van der Waals surface area contributed by atoms with Crippen molar-refractivity contribution in [1.82, 2.24) is 0 Å². The Morgan fingerprint density at radius 1 is 1.05 bits per heavy atom. The van der Waals surface area contributed by atoms with Crippen LogP contribution in [-0.4, -0.2) is 18.3 Å². The van der Waals surface area contributed by atoms with Gasteiger partial charge in [-0.15, -0.1) is 0 Å². The summed E-state index contributed by atoms with van der Waals surface area (Å²) in [5, 5.41) is 12.1. The molecule has 0 amide bonds. The molecule has 3 nitrogen and oxygen atoms in total. The van der Waals surface area contributed by atoms with Crippen LogP contribution < -0.4 is 10.1 Å². The maximum atomic E-state index is 8.68. The van der Waals surface area contributed by atoms with E-state index in [1.807, 2.05) is 36.4 Å². The number of aliphatic hydroxyl groups is 1. The van der Waals surface area contributed by atoms with E-state index < -0.39 is 0 Å². The highest BCUT2D eigenvalue weighted by atomic mass is 127. The predicted molar refractivity (Wildman–Crippen MR) is 85.5 cm³/mol. The SMILES string of the molecule is OCCOc1ccc(NCc2ccccc2I)cc1. The highest BCUT2D eigenvalue weighted by Crippen LogP contribution is 2.18. The van der Waals surface area contributed by atoms with E-state index in [-0.39, 0.29) is 6.61 Å². The van der Waals surface area contributed by atoms with Crippen LogP contribution in [0.15, 0.2) is 48.5 Å². The zero-order valence-electron chi connectivity index (χ0n) is 10.5. The molecule has 2 aromatic carbocycles. The second-order valence-corrected chi connectivity index (χ2v) is 5.20. The molecule has 0 heterocycles. The fraction of sp³-hybridized carbons (Fsp3) is 0.200. The summed E-state index contributed by atoms with van der Waals surface area (Å²) in [7, 11) is 0. The predicted octanol–water partition coefficient (Wildman–Crippen LogP) is 3.27. The summed E-state index contributed by atoms with van der Waals surface area (Å²) in [4.78, 5) is 0. The molecular weight excluding hydrogens is 353 g/mol. The lowest BCUT2D eigenvalue weighted by Crippen LogP contribution is -2.03. The fourth-order valence-corrected chi connectivity index (χ4v) is 2.25. The molecule has 0 aliphatic carbocycles. The first kappa shape index (κ1) is 14.1. The summed E-state index contributed by atoms with van der Waals surface area (Å²) in [5.41, 5.74) is 2.33. The van der Waals surface area contributed by atoms with Gasteiger partial charge in [0.05, 0.1) is 6.61 Å². The largest absolute Gasteiger partial charge is 0.491 e. The Hall–Kier alpha value is -1.27. The standard InChI is InChI=1S/C15H16INO2/c16-15-4-2-1-3-12(15)11-17-13-5-7-14(8-6-13)19-10-9-18/h1-8,17-18H,9-11H2. The molecule has 0 aromatic heterocycles. The molecule has 0 saturated carbocycles. The highest BCUT2D eigenvalue weighted by molar-refractivity contribution is 14.1. The van der Waals surface area contributed by atoms with Crippen molar-refractivity contribution < 1.29 is 9.84 Å². The van der Waals surface area contributed by atoms with E-state index in [1.54, 1.807) is 0 Å². The lowest BCUT2D eigenvalue weighted by Gasteiger charge is -2.09. The summed E-state index contributed by atoms with van der Waals surface area (Å²) in [5.74, 6) is 0.772. The van der Waals surface area contributed by atoms with Gasteiger partial charge in [-0.3, -0.25) is 0 Å². The summed E-state index contributed by atoms with van der Waals surface area (Å²) < 4.78 is 6.57. The second-order valence-electron chi connectivity index (χ2n) is 4.04. The molecule has 4 heteroatoms. The first-order valence-electron chi connectivity index (χ1n) is 6.10. The van der Waals surface area contributed by atoms with Gasteiger partial charge in [-0.2, -0.15) is 0 Å². The molecule has 0 atom stereocenters. The quantitative estimate of drug-likeness (QED) is 0.768. The van der Waals surface area contributed by atoms with Crippen LogP contribution in [0.5, 0.6) is 5.75 Å². The van der Waals surface area contributed by atoms with E-state index in [4.69, 9.17) is 9.84 Å². The lowest BCUT2D eigenvalue weighted by molar-refractivity contribution is 0.201. The van der Waals surface area contributed by atoms with E-state index in [2.05, 4.69) is 40.0 Å². The molecule has 0 bridgehead atoms. The van der Waals surface area contributed by atoms with Gasteiger partial charge in [0.15, 0.2) is 0 Å². The molecule has 2 N–H and O–H groups in total. The Morgan fingerprint density at radius 2 is 1.79 bits per heavy atom. The summed E-state index contributed by atoms with van der Waals surface area (Å²) in [6.45, 7) is 1.16. The molecule has 0 spiro atoms. The molecular formula is C15H16INO2. The molecule has 0 saturated heterocycles. The van der Waals surface area contributed by atoms with Crippen molar-refractivity contribution >= 4 is 28.3 Å². The van der Waals surface area contributed by atoms with Crippen LogP contribution in [-0.2, 0) is 6.54 Å². The Kier molecular flexibility index (Phi) is 5.47. The van der Waals surface area contributed by atoms with Crippen LogP contribution in [0.1, 0.15) is 5.56 Å². The third-order valence-electron chi connectivity index (χ3n) is 2.66. The smallest absolute Gasteiger partial charge is 0.119 e. The number of anilines is 1. The highest BCUT2D eigenvalue weighted by Gasteiger charge is 1.99. The van der Waals surface area contributed by atoms with Crippen molar-refractivity contribution in [3.05, 3.63) is 57.7 Å². The minimum absolute atomic E-state index is 0.0342. The Labute approximate surface area is 126 Å².